The van der Waals surface area contributed by atoms with Gasteiger partial charge in [0.25, 0.3) is 0 Å². The molecule has 36 heavy (non-hydrogen) atoms. The van der Waals surface area contributed by atoms with Crippen molar-refractivity contribution in [2.45, 2.75) is 37.8 Å². The molecule has 2 atom stereocenters. The van der Waals surface area contributed by atoms with Crippen molar-refractivity contribution in [3.8, 4) is 16.9 Å². The summed E-state index contributed by atoms with van der Waals surface area (Å²) in [5, 5.41) is 12.8. The standard InChI is InChI=1S/C26H28FN7O2/c1-15(16-6-17(8-20(27)7-16)18-9-31-32-10-18)36-25-24-22(12-30-26(25)28)23(14-35-24)19-11-33-34(13-19)21-2-4-29-5-3-21/h6-9,11-15,18,21,29,32H,2-5,10H2,1H3,(H2,28,30). The van der Waals surface area contributed by atoms with Crippen LogP contribution in [0.25, 0.3) is 22.1 Å². The molecule has 2 aliphatic rings. The van der Waals surface area contributed by atoms with E-state index in [1.165, 1.54) is 12.1 Å². The zero-order chi connectivity index (χ0) is 24.6. The molecule has 1 saturated heterocycles. The van der Waals surface area contributed by atoms with Gasteiger partial charge in [-0.1, -0.05) is 6.07 Å². The summed E-state index contributed by atoms with van der Waals surface area (Å²) in [4.78, 5) is 4.36. The first-order valence-electron chi connectivity index (χ1n) is 12.2. The van der Waals surface area contributed by atoms with Gasteiger partial charge in [-0.25, -0.2) is 9.37 Å². The van der Waals surface area contributed by atoms with Crippen molar-refractivity contribution >= 4 is 23.0 Å². The van der Waals surface area contributed by atoms with Crippen LogP contribution in [0.3, 0.4) is 0 Å². The third-order valence-corrected chi connectivity index (χ3v) is 6.99. The van der Waals surface area contributed by atoms with Crippen LogP contribution in [0.4, 0.5) is 10.2 Å². The second-order valence-corrected chi connectivity index (χ2v) is 9.38. The summed E-state index contributed by atoms with van der Waals surface area (Å²) in [7, 11) is 0. The Balaban J connectivity index is 1.29. The van der Waals surface area contributed by atoms with Crippen LogP contribution in [-0.2, 0) is 0 Å². The van der Waals surface area contributed by atoms with Gasteiger partial charge in [-0.05, 0) is 56.1 Å². The molecule has 0 bridgehead atoms. The summed E-state index contributed by atoms with van der Waals surface area (Å²) < 4.78 is 28.7. The summed E-state index contributed by atoms with van der Waals surface area (Å²) >= 11 is 0. The number of benzene rings is 1. The molecule has 3 aromatic heterocycles. The van der Waals surface area contributed by atoms with E-state index in [0.717, 1.165) is 48.0 Å². The van der Waals surface area contributed by atoms with Crippen LogP contribution >= 0.6 is 0 Å². The van der Waals surface area contributed by atoms with Gasteiger partial charge in [-0.2, -0.15) is 10.2 Å². The molecule has 9 nitrogen and oxygen atoms in total. The molecular formula is C26H28FN7O2. The Kier molecular flexibility index (Phi) is 5.80. The Morgan fingerprint density at radius 2 is 2.08 bits per heavy atom. The highest BCUT2D eigenvalue weighted by Gasteiger charge is 2.23. The fourth-order valence-corrected chi connectivity index (χ4v) is 4.95. The molecule has 6 rings (SSSR count). The number of hydrogen-bond donors (Lipinski definition) is 3. The third kappa shape index (κ3) is 4.17. The molecule has 4 aromatic rings. The number of rotatable bonds is 6. The average molecular weight is 490 g/mol. The number of ether oxygens (including phenoxy) is 1. The monoisotopic (exact) mass is 489 g/mol. The van der Waals surface area contributed by atoms with E-state index in [9.17, 15) is 4.39 Å². The second kappa shape index (κ2) is 9.27. The van der Waals surface area contributed by atoms with Gasteiger partial charge in [0.2, 0.25) is 5.75 Å². The molecule has 4 N–H and O–H groups in total. The minimum absolute atomic E-state index is 0.0141. The van der Waals surface area contributed by atoms with Gasteiger partial charge in [0.15, 0.2) is 11.4 Å². The van der Waals surface area contributed by atoms with Crippen LogP contribution in [0.15, 0.2) is 52.6 Å². The highest BCUT2D eigenvalue weighted by molar-refractivity contribution is 5.97. The third-order valence-electron chi connectivity index (χ3n) is 6.99. The van der Waals surface area contributed by atoms with E-state index in [0.29, 0.717) is 29.5 Å². The highest BCUT2D eigenvalue weighted by atomic mass is 19.1. The molecule has 0 amide bonds. The van der Waals surface area contributed by atoms with Gasteiger partial charge < -0.3 is 25.6 Å². The quantitative estimate of drug-likeness (QED) is 0.373. The predicted octanol–water partition coefficient (Wildman–Crippen LogP) is 4.15. The van der Waals surface area contributed by atoms with Gasteiger partial charge in [-0.3, -0.25) is 4.68 Å². The Labute approximate surface area is 207 Å². The van der Waals surface area contributed by atoms with E-state index in [1.807, 2.05) is 23.9 Å². The van der Waals surface area contributed by atoms with E-state index in [2.05, 4.69) is 32.1 Å². The molecule has 10 heteroatoms. The Hall–Kier alpha value is -3.92. The number of fused-ring (bicyclic) bond motifs is 1. The fourth-order valence-electron chi connectivity index (χ4n) is 4.95. The van der Waals surface area contributed by atoms with Gasteiger partial charge in [-0.15, -0.1) is 0 Å². The predicted molar refractivity (Wildman–Crippen MR) is 135 cm³/mol. The van der Waals surface area contributed by atoms with E-state index in [4.69, 9.17) is 14.9 Å². The van der Waals surface area contributed by atoms with Crippen LogP contribution in [0, 0.1) is 5.82 Å². The zero-order valence-electron chi connectivity index (χ0n) is 19.9. The van der Waals surface area contributed by atoms with Crippen molar-refractivity contribution in [3.63, 3.8) is 0 Å². The number of hydrazone groups is 1. The van der Waals surface area contributed by atoms with Gasteiger partial charge in [0, 0.05) is 42.2 Å². The molecule has 0 aliphatic carbocycles. The Bertz CT molecular complexity index is 1420. The molecule has 5 heterocycles. The Morgan fingerprint density at radius 1 is 1.22 bits per heavy atom. The summed E-state index contributed by atoms with van der Waals surface area (Å²) in [6.45, 7) is 4.48. The molecule has 1 fully saturated rings. The SMILES string of the molecule is CC(Oc1c(N)ncc2c(-c3cnn(C4CCNCC4)c3)coc12)c1cc(F)cc(C2C=NNC2)c1. The largest absolute Gasteiger partial charge is 0.479 e. The van der Waals surface area contributed by atoms with Crippen molar-refractivity contribution in [2.24, 2.45) is 5.10 Å². The summed E-state index contributed by atoms with van der Waals surface area (Å²) in [6.07, 6.45) is 10.7. The number of furan rings is 1. The number of aromatic nitrogens is 3. The lowest BCUT2D eigenvalue weighted by Crippen LogP contribution is -2.29. The number of pyridine rings is 1. The van der Waals surface area contributed by atoms with Gasteiger partial charge in [0.05, 0.1) is 17.6 Å². The average Bonchev–Trinajstić information content (AvgIpc) is 3.66. The minimum Gasteiger partial charge on any atom is -0.479 e. The van der Waals surface area contributed by atoms with Crippen molar-refractivity contribution in [3.05, 3.63) is 60.0 Å². The number of nitrogens with one attached hydrogen (secondary N) is 2. The number of piperidine rings is 1. The van der Waals surface area contributed by atoms with E-state index in [1.54, 1.807) is 18.7 Å². The second-order valence-electron chi connectivity index (χ2n) is 9.38. The van der Waals surface area contributed by atoms with Crippen LogP contribution in [-0.4, -0.2) is 40.6 Å². The number of nitrogens with zero attached hydrogens (tertiary/aromatic N) is 4. The lowest BCUT2D eigenvalue weighted by molar-refractivity contribution is 0.227. The van der Waals surface area contributed by atoms with Crippen molar-refractivity contribution < 1.29 is 13.5 Å². The smallest absolute Gasteiger partial charge is 0.205 e. The first kappa shape index (κ1) is 22.5. The van der Waals surface area contributed by atoms with Crippen molar-refractivity contribution in [1.82, 2.24) is 25.5 Å². The molecule has 1 aromatic carbocycles. The number of anilines is 1. The lowest BCUT2D eigenvalue weighted by Gasteiger charge is -2.22. The molecule has 0 saturated carbocycles. The van der Waals surface area contributed by atoms with Crippen molar-refractivity contribution in [2.75, 3.05) is 25.4 Å². The first-order valence-corrected chi connectivity index (χ1v) is 12.2. The number of halogens is 1. The fraction of sp³-hybridized carbons (Fsp3) is 0.346. The summed E-state index contributed by atoms with van der Waals surface area (Å²) in [5.74, 6) is 0.241. The maximum atomic E-state index is 14.5. The molecular weight excluding hydrogens is 461 g/mol. The molecule has 186 valence electrons. The first-order chi connectivity index (χ1) is 17.6. The van der Waals surface area contributed by atoms with Gasteiger partial charge >= 0.3 is 0 Å². The van der Waals surface area contributed by atoms with Crippen LogP contribution in [0.1, 0.15) is 49.0 Å². The highest BCUT2D eigenvalue weighted by Crippen LogP contribution is 2.40. The van der Waals surface area contributed by atoms with E-state index in [-0.39, 0.29) is 17.6 Å². The Morgan fingerprint density at radius 3 is 2.89 bits per heavy atom. The topological polar surface area (TPSA) is 116 Å². The number of hydrogen-bond acceptors (Lipinski definition) is 8. The van der Waals surface area contributed by atoms with Crippen LogP contribution < -0.4 is 21.2 Å². The maximum absolute atomic E-state index is 14.5. The summed E-state index contributed by atoms with van der Waals surface area (Å²) in [5.41, 5.74) is 13.0. The van der Waals surface area contributed by atoms with Crippen molar-refractivity contribution in [1.29, 1.82) is 0 Å². The molecule has 2 aliphatic heterocycles. The zero-order valence-corrected chi connectivity index (χ0v) is 19.9. The molecule has 0 spiro atoms. The normalized spacial score (nSPS) is 19.0. The van der Waals surface area contributed by atoms with Crippen LogP contribution in [0.5, 0.6) is 5.75 Å². The molecule has 0 radical (unpaired) electrons. The lowest BCUT2D eigenvalue weighted by atomic mass is 9.97. The maximum Gasteiger partial charge on any atom is 0.205 e. The minimum atomic E-state index is -0.489. The van der Waals surface area contributed by atoms with E-state index < -0.39 is 6.10 Å². The number of nitrogens with two attached hydrogens (primary N) is 1. The number of nitrogen functional groups attached to an aromatic ring is 1. The summed E-state index contributed by atoms with van der Waals surface area (Å²) in [6, 6.07) is 5.32. The van der Waals surface area contributed by atoms with E-state index >= 15 is 0 Å². The van der Waals surface area contributed by atoms with Gasteiger partial charge in [0.1, 0.15) is 18.2 Å². The van der Waals surface area contributed by atoms with Crippen LogP contribution in [0.2, 0.25) is 0 Å². The molecule has 2 unspecified atom stereocenters.